The van der Waals surface area contributed by atoms with Crippen molar-refractivity contribution in [1.82, 2.24) is 0 Å². The minimum atomic E-state index is -0.541. The predicted octanol–water partition coefficient (Wildman–Crippen LogP) is 2.22. The van der Waals surface area contributed by atoms with Gasteiger partial charge >= 0.3 is 5.97 Å². The number of esters is 1. The van der Waals surface area contributed by atoms with Crippen LogP contribution >= 0.6 is 0 Å². The predicted molar refractivity (Wildman–Crippen MR) is 67.2 cm³/mol. The molecule has 0 N–H and O–H groups in total. The Hall–Kier alpha value is -1.71. The van der Waals surface area contributed by atoms with Crippen LogP contribution in [0.1, 0.15) is 24.0 Å². The average molecular weight is 250 g/mol. The summed E-state index contributed by atoms with van der Waals surface area (Å²) in [7, 11) is 4.65. The Balaban J connectivity index is 2.53. The van der Waals surface area contributed by atoms with Crippen LogP contribution in [0.5, 0.6) is 11.5 Å². The molecule has 1 aliphatic rings. The molecule has 1 saturated carbocycles. The smallest absolute Gasteiger partial charge is 0.316 e. The van der Waals surface area contributed by atoms with Crippen molar-refractivity contribution in [1.29, 1.82) is 0 Å². The van der Waals surface area contributed by atoms with E-state index < -0.39 is 5.41 Å². The lowest BCUT2D eigenvalue weighted by atomic mass is 9.93. The molecule has 98 valence electrons. The second kappa shape index (κ2) is 4.52. The Bertz CT molecular complexity index is 475. The monoisotopic (exact) mass is 250 g/mol. The van der Waals surface area contributed by atoms with Crippen LogP contribution in [0.25, 0.3) is 0 Å². The van der Waals surface area contributed by atoms with E-state index in [0.29, 0.717) is 0 Å². The summed E-state index contributed by atoms with van der Waals surface area (Å²) in [4.78, 5) is 11.9. The Kier molecular flexibility index (Phi) is 3.20. The molecule has 2 rings (SSSR count). The van der Waals surface area contributed by atoms with Gasteiger partial charge in [-0.3, -0.25) is 4.79 Å². The Morgan fingerprint density at radius 2 is 1.72 bits per heavy atom. The molecule has 0 aliphatic heterocycles. The van der Waals surface area contributed by atoms with Crippen molar-refractivity contribution in [3.8, 4) is 11.5 Å². The first-order valence-corrected chi connectivity index (χ1v) is 5.90. The quantitative estimate of drug-likeness (QED) is 0.769. The van der Waals surface area contributed by atoms with E-state index in [9.17, 15) is 4.79 Å². The molecule has 4 heteroatoms. The minimum Gasteiger partial charge on any atom is -0.496 e. The molecule has 0 aromatic heterocycles. The van der Waals surface area contributed by atoms with Crippen LogP contribution in [0, 0.1) is 6.92 Å². The van der Waals surface area contributed by atoms with Gasteiger partial charge in [-0.15, -0.1) is 0 Å². The summed E-state index contributed by atoms with van der Waals surface area (Å²) in [5.41, 5.74) is 1.30. The molecule has 0 heterocycles. The topological polar surface area (TPSA) is 44.8 Å². The van der Waals surface area contributed by atoms with E-state index in [2.05, 4.69) is 0 Å². The van der Waals surface area contributed by atoms with Crippen LogP contribution in [-0.2, 0) is 14.9 Å². The summed E-state index contributed by atoms with van der Waals surface area (Å²) in [6, 6.07) is 3.79. The zero-order valence-corrected chi connectivity index (χ0v) is 11.2. The molecule has 0 radical (unpaired) electrons. The highest BCUT2D eigenvalue weighted by Crippen LogP contribution is 2.53. The van der Waals surface area contributed by atoms with E-state index >= 15 is 0 Å². The van der Waals surface area contributed by atoms with E-state index in [0.717, 1.165) is 35.5 Å². The van der Waals surface area contributed by atoms with Crippen LogP contribution in [0.4, 0.5) is 0 Å². The van der Waals surface area contributed by atoms with Gasteiger partial charge < -0.3 is 14.2 Å². The molecule has 0 amide bonds. The third-order valence-corrected chi connectivity index (χ3v) is 3.56. The lowest BCUT2D eigenvalue weighted by molar-refractivity contribution is -0.143. The van der Waals surface area contributed by atoms with E-state index in [-0.39, 0.29) is 5.97 Å². The van der Waals surface area contributed by atoms with Crippen molar-refractivity contribution in [2.75, 3.05) is 21.3 Å². The molecule has 1 aromatic rings. The third-order valence-electron chi connectivity index (χ3n) is 3.56. The Labute approximate surface area is 107 Å². The van der Waals surface area contributed by atoms with E-state index in [1.165, 1.54) is 7.11 Å². The molecule has 0 saturated heterocycles. The molecule has 1 aromatic carbocycles. The number of methoxy groups -OCH3 is 3. The number of carbonyl (C=O) groups is 1. The maximum absolute atomic E-state index is 11.9. The van der Waals surface area contributed by atoms with E-state index in [1.54, 1.807) is 14.2 Å². The number of hydrogen-bond donors (Lipinski definition) is 0. The van der Waals surface area contributed by atoms with Gasteiger partial charge in [0.2, 0.25) is 0 Å². The standard InChI is InChI=1S/C14H18O4/c1-9-7-12(17-3)10(8-11(9)16-2)14(5-6-14)13(15)18-4/h7-8H,5-6H2,1-4H3. The zero-order valence-electron chi connectivity index (χ0n) is 11.2. The fourth-order valence-corrected chi connectivity index (χ4v) is 2.33. The molecule has 0 unspecified atom stereocenters. The van der Waals surface area contributed by atoms with Gasteiger partial charge in [-0.2, -0.15) is 0 Å². The van der Waals surface area contributed by atoms with Crippen molar-refractivity contribution in [3.05, 3.63) is 23.3 Å². The summed E-state index contributed by atoms with van der Waals surface area (Å²) in [5, 5.41) is 0. The maximum atomic E-state index is 11.9. The van der Waals surface area contributed by atoms with Crippen molar-refractivity contribution < 1.29 is 19.0 Å². The highest BCUT2D eigenvalue weighted by atomic mass is 16.5. The summed E-state index contributed by atoms with van der Waals surface area (Å²) in [6.45, 7) is 1.95. The summed E-state index contributed by atoms with van der Waals surface area (Å²) < 4.78 is 15.6. The first-order valence-electron chi connectivity index (χ1n) is 5.90. The van der Waals surface area contributed by atoms with Crippen LogP contribution in [0.15, 0.2) is 12.1 Å². The number of benzene rings is 1. The minimum absolute atomic E-state index is 0.202. The van der Waals surface area contributed by atoms with Crippen LogP contribution in [0.2, 0.25) is 0 Å². The molecule has 18 heavy (non-hydrogen) atoms. The number of carbonyl (C=O) groups excluding carboxylic acids is 1. The van der Waals surface area contributed by atoms with Crippen molar-refractivity contribution in [3.63, 3.8) is 0 Å². The van der Waals surface area contributed by atoms with Gasteiger partial charge in [0.05, 0.1) is 26.7 Å². The molecular formula is C14H18O4. The van der Waals surface area contributed by atoms with Gasteiger partial charge in [0, 0.05) is 5.56 Å². The molecular weight excluding hydrogens is 232 g/mol. The average Bonchev–Trinajstić information content (AvgIpc) is 3.18. The third kappa shape index (κ3) is 1.82. The molecule has 0 atom stereocenters. The van der Waals surface area contributed by atoms with E-state index in [4.69, 9.17) is 14.2 Å². The Morgan fingerprint density at radius 1 is 1.11 bits per heavy atom. The number of aryl methyl sites for hydroxylation is 1. The molecule has 1 aliphatic carbocycles. The highest BCUT2D eigenvalue weighted by molar-refractivity contribution is 5.87. The highest BCUT2D eigenvalue weighted by Gasteiger charge is 2.54. The van der Waals surface area contributed by atoms with E-state index in [1.807, 2.05) is 19.1 Å². The summed E-state index contributed by atoms with van der Waals surface area (Å²) in [5.74, 6) is 1.28. The van der Waals surface area contributed by atoms with Gasteiger partial charge in [0.1, 0.15) is 11.5 Å². The first-order chi connectivity index (χ1) is 8.58. The van der Waals surface area contributed by atoms with Crippen LogP contribution in [0.3, 0.4) is 0 Å². The molecule has 0 spiro atoms. The normalized spacial score (nSPS) is 16.0. The second-order valence-corrected chi connectivity index (χ2v) is 4.60. The fraction of sp³-hybridized carbons (Fsp3) is 0.500. The molecule has 0 bridgehead atoms. The van der Waals surface area contributed by atoms with Gasteiger partial charge in [-0.1, -0.05) is 0 Å². The largest absolute Gasteiger partial charge is 0.496 e. The SMILES string of the molecule is COC(=O)C1(c2cc(OC)c(C)cc2OC)CC1. The second-order valence-electron chi connectivity index (χ2n) is 4.60. The Morgan fingerprint density at radius 3 is 2.17 bits per heavy atom. The van der Waals surface area contributed by atoms with Gasteiger partial charge in [-0.05, 0) is 37.5 Å². The van der Waals surface area contributed by atoms with Gasteiger partial charge in [0.15, 0.2) is 0 Å². The van der Waals surface area contributed by atoms with Crippen molar-refractivity contribution in [2.24, 2.45) is 0 Å². The molecule has 1 fully saturated rings. The fourth-order valence-electron chi connectivity index (χ4n) is 2.33. The van der Waals surface area contributed by atoms with Gasteiger partial charge in [0.25, 0.3) is 0 Å². The maximum Gasteiger partial charge on any atom is 0.316 e. The van der Waals surface area contributed by atoms with Crippen LogP contribution < -0.4 is 9.47 Å². The summed E-state index contributed by atoms with van der Waals surface area (Å²) >= 11 is 0. The van der Waals surface area contributed by atoms with Crippen molar-refractivity contribution >= 4 is 5.97 Å². The number of hydrogen-bond acceptors (Lipinski definition) is 4. The lowest BCUT2D eigenvalue weighted by Gasteiger charge is -2.18. The number of rotatable bonds is 4. The van der Waals surface area contributed by atoms with Crippen molar-refractivity contribution in [2.45, 2.75) is 25.2 Å². The summed E-state index contributed by atoms with van der Waals surface area (Å²) in [6.07, 6.45) is 1.59. The van der Waals surface area contributed by atoms with Gasteiger partial charge in [-0.25, -0.2) is 0 Å². The lowest BCUT2D eigenvalue weighted by Crippen LogP contribution is -2.22. The first kappa shape index (κ1) is 12.7. The molecule has 4 nitrogen and oxygen atoms in total. The zero-order chi connectivity index (χ0) is 13.3. The number of ether oxygens (including phenoxy) is 3. The van der Waals surface area contributed by atoms with Crippen LogP contribution in [-0.4, -0.2) is 27.3 Å².